The SMILES string of the molecule is Cc1ccc(CN2C(=O)N/C(=C/c3cc(I)c(OCc4cccc5ccccc45)c(I)c3)C2=O)cc1. The number of fused-ring (bicyclic) bond motifs is 1. The predicted octanol–water partition coefficient (Wildman–Crippen LogP) is 7.03. The molecule has 5 rings (SSSR count). The van der Waals surface area contributed by atoms with E-state index in [9.17, 15) is 9.59 Å². The van der Waals surface area contributed by atoms with Crippen LogP contribution in [-0.2, 0) is 17.9 Å². The highest BCUT2D eigenvalue weighted by molar-refractivity contribution is 14.1. The van der Waals surface area contributed by atoms with Gasteiger partial charge in [-0.15, -0.1) is 0 Å². The Bertz CT molecular complexity index is 1480. The van der Waals surface area contributed by atoms with E-state index in [4.69, 9.17) is 4.74 Å². The average Bonchev–Trinajstić information content (AvgIpc) is 3.12. The number of benzene rings is 4. The molecule has 0 aromatic heterocycles. The molecular weight excluding hydrogens is 678 g/mol. The molecule has 5 nitrogen and oxygen atoms in total. The highest BCUT2D eigenvalue weighted by Gasteiger charge is 2.33. The van der Waals surface area contributed by atoms with E-state index in [2.05, 4.69) is 74.8 Å². The van der Waals surface area contributed by atoms with Crippen LogP contribution in [0.2, 0.25) is 0 Å². The molecule has 0 aliphatic carbocycles. The minimum atomic E-state index is -0.411. The fourth-order valence-electron chi connectivity index (χ4n) is 4.13. The first-order valence-corrected chi connectivity index (χ1v) is 13.5. The second kappa shape index (κ2) is 10.6. The Kier molecular flexibility index (Phi) is 7.29. The largest absolute Gasteiger partial charge is 0.487 e. The summed E-state index contributed by atoms with van der Waals surface area (Å²) in [6, 6.07) is 25.8. The Labute approximate surface area is 236 Å². The molecule has 4 aromatic rings. The van der Waals surface area contributed by atoms with Gasteiger partial charge in [0.05, 0.1) is 13.7 Å². The van der Waals surface area contributed by atoms with Gasteiger partial charge in [-0.25, -0.2) is 4.79 Å². The third-order valence-corrected chi connectivity index (χ3v) is 7.61. The molecule has 36 heavy (non-hydrogen) atoms. The van der Waals surface area contributed by atoms with E-state index in [1.807, 2.05) is 61.5 Å². The van der Waals surface area contributed by atoms with Crippen LogP contribution in [0.3, 0.4) is 0 Å². The van der Waals surface area contributed by atoms with Crippen molar-refractivity contribution in [3.05, 3.63) is 114 Å². The van der Waals surface area contributed by atoms with Crippen molar-refractivity contribution in [1.29, 1.82) is 0 Å². The van der Waals surface area contributed by atoms with Crippen LogP contribution in [0.15, 0.2) is 84.6 Å². The van der Waals surface area contributed by atoms with Gasteiger partial charge in [-0.05, 0) is 97.8 Å². The highest BCUT2D eigenvalue weighted by atomic mass is 127. The van der Waals surface area contributed by atoms with E-state index in [1.165, 1.54) is 15.7 Å². The van der Waals surface area contributed by atoms with Crippen molar-refractivity contribution in [3.63, 3.8) is 0 Å². The van der Waals surface area contributed by atoms with Gasteiger partial charge in [0.1, 0.15) is 18.1 Å². The van der Waals surface area contributed by atoms with Crippen LogP contribution in [0.5, 0.6) is 5.75 Å². The number of rotatable bonds is 6. The first-order valence-electron chi connectivity index (χ1n) is 11.4. The van der Waals surface area contributed by atoms with Gasteiger partial charge in [0, 0.05) is 0 Å². The quantitative estimate of drug-likeness (QED) is 0.134. The Balaban J connectivity index is 1.33. The molecule has 3 amide bonds. The number of aryl methyl sites for hydroxylation is 1. The average molecular weight is 700 g/mol. The number of amides is 3. The maximum Gasteiger partial charge on any atom is 0.329 e. The minimum Gasteiger partial charge on any atom is -0.487 e. The second-order valence-corrected chi connectivity index (χ2v) is 10.9. The molecule has 1 N–H and O–H groups in total. The number of urea groups is 1. The zero-order valence-corrected chi connectivity index (χ0v) is 23.7. The molecule has 7 heteroatoms. The molecule has 0 spiro atoms. The van der Waals surface area contributed by atoms with Crippen molar-refractivity contribution in [2.24, 2.45) is 0 Å². The molecule has 0 atom stereocenters. The molecule has 1 aliphatic rings. The zero-order chi connectivity index (χ0) is 25.2. The Hall–Kier alpha value is -2.92. The number of carbonyl (C=O) groups excluding carboxylic acids is 2. The molecular formula is C29H22I2N2O3. The Morgan fingerprint density at radius 1 is 0.917 bits per heavy atom. The van der Waals surface area contributed by atoms with Crippen LogP contribution in [-0.4, -0.2) is 16.8 Å². The lowest BCUT2D eigenvalue weighted by Gasteiger charge is -2.13. The van der Waals surface area contributed by atoms with Gasteiger partial charge in [-0.2, -0.15) is 0 Å². The highest BCUT2D eigenvalue weighted by Crippen LogP contribution is 2.31. The molecule has 4 aromatic carbocycles. The molecule has 0 unspecified atom stereocenters. The van der Waals surface area contributed by atoms with Crippen LogP contribution in [0.25, 0.3) is 16.8 Å². The summed E-state index contributed by atoms with van der Waals surface area (Å²) in [5, 5.41) is 5.08. The molecule has 1 fully saturated rings. The van der Waals surface area contributed by atoms with Gasteiger partial charge >= 0.3 is 6.03 Å². The zero-order valence-electron chi connectivity index (χ0n) is 19.4. The lowest BCUT2D eigenvalue weighted by Crippen LogP contribution is -2.30. The molecule has 0 bridgehead atoms. The topological polar surface area (TPSA) is 58.6 Å². The van der Waals surface area contributed by atoms with Crippen molar-refractivity contribution < 1.29 is 14.3 Å². The fraction of sp³-hybridized carbons (Fsp3) is 0.103. The predicted molar refractivity (Wildman–Crippen MR) is 158 cm³/mol. The summed E-state index contributed by atoms with van der Waals surface area (Å²) >= 11 is 4.50. The summed E-state index contributed by atoms with van der Waals surface area (Å²) in [6.07, 6.45) is 1.72. The van der Waals surface area contributed by atoms with Gasteiger partial charge in [-0.3, -0.25) is 9.69 Å². The Morgan fingerprint density at radius 2 is 1.61 bits per heavy atom. The van der Waals surface area contributed by atoms with E-state index in [0.29, 0.717) is 6.61 Å². The van der Waals surface area contributed by atoms with Crippen molar-refractivity contribution in [2.45, 2.75) is 20.1 Å². The van der Waals surface area contributed by atoms with Crippen LogP contribution in [0.1, 0.15) is 22.3 Å². The van der Waals surface area contributed by atoms with Crippen LogP contribution < -0.4 is 10.1 Å². The number of hydrogen-bond acceptors (Lipinski definition) is 3. The molecule has 180 valence electrons. The van der Waals surface area contributed by atoms with Crippen LogP contribution in [0.4, 0.5) is 4.79 Å². The first-order chi connectivity index (χ1) is 17.4. The monoisotopic (exact) mass is 700 g/mol. The summed E-state index contributed by atoms with van der Waals surface area (Å²) in [6.45, 7) is 2.69. The summed E-state index contributed by atoms with van der Waals surface area (Å²) in [7, 11) is 0. The second-order valence-electron chi connectivity index (χ2n) is 8.61. The normalized spacial score (nSPS) is 14.5. The summed E-state index contributed by atoms with van der Waals surface area (Å²) < 4.78 is 8.10. The maximum atomic E-state index is 12.9. The first kappa shape index (κ1) is 24.8. The van der Waals surface area contributed by atoms with E-state index >= 15 is 0 Å². The third-order valence-electron chi connectivity index (χ3n) is 6.01. The molecule has 0 radical (unpaired) electrons. The smallest absolute Gasteiger partial charge is 0.329 e. The Morgan fingerprint density at radius 3 is 2.36 bits per heavy atom. The summed E-state index contributed by atoms with van der Waals surface area (Å²) in [4.78, 5) is 26.7. The van der Waals surface area contributed by atoms with Crippen molar-refractivity contribution in [3.8, 4) is 5.75 Å². The third kappa shape index (κ3) is 5.27. The van der Waals surface area contributed by atoms with Crippen molar-refractivity contribution >= 4 is 74.0 Å². The van der Waals surface area contributed by atoms with Gasteiger partial charge < -0.3 is 10.1 Å². The minimum absolute atomic E-state index is 0.234. The van der Waals surface area contributed by atoms with E-state index < -0.39 is 6.03 Å². The molecule has 0 saturated carbocycles. The number of halogens is 2. The van der Waals surface area contributed by atoms with E-state index in [1.54, 1.807) is 6.08 Å². The fourth-order valence-corrected chi connectivity index (χ4v) is 6.25. The van der Waals surface area contributed by atoms with Crippen LogP contribution >= 0.6 is 45.2 Å². The summed E-state index contributed by atoms with van der Waals surface area (Å²) in [5.74, 6) is 0.468. The lowest BCUT2D eigenvalue weighted by atomic mass is 10.1. The van der Waals surface area contributed by atoms with Gasteiger partial charge in [0.15, 0.2) is 0 Å². The van der Waals surface area contributed by atoms with Gasteiger partial charge in [0.2, 0.25) is 0 Å². The standard InChI is InChI=1S/C29H22I2N2O3/c1-18-9-11-19(12-10-18)16-33-28(34)26(32-29(33)35)15-20-13-24(30)27(25(31)14-20)36-17-22-7-4-6-21-5-2-3-8-23(21)22/h2-15H,16-17H2,1H3,(H,32,35)/b26-15+. The lowest BCUT2D eigenvalue weighted by molar-refractivity contribution is -0.123. The van der Waals surface area contributed by atoms with Crippen LogP contribution in [0, 0.1) is 14.1 Å². The number of nitrogens with zero attached hydrogens (tertiary/aromatic N) is 1. The number of ether oxygens (including phenoxy) is 1. The van der Waals surface area contributed by atoms with E-state index in [-0.39, 0.29) is 18.1 Å². The molecule has 1 aliphatic heterocycles. The van der Waals surface area contributed by atoms with Gasteiger partial charge in [0.25, 0.3) is 5.91 Å². The van der Waals surface area contributed by atoms with Crippen molar-refractivity contribution in [1.82, 2.24) is 10.2 Å². The van der Waals surface area contributed by atoms with Gasteiger partial charge in [-0.1, -0.05) is 72.3 Å². The van der Waals surface area contributed by atoms with E-state index in [0.717, 1.165) is 35.1 Å². The number of nitrogens with one attached hydrogen (secondary N) is 1. The number of imide groups is 1. The molecule has 1 saturated heterocycles. The maximum absolute atomic E-state index is 12.9. The number of carbonyl (C=O) groups is 2. The molecule has 1 heterocycles. The number of hydrogen-bond donors (Lipinski definition) is 1. The van der Waals surface area contributed by atoms with Crippen molar-refractivity contribution in [2.75, 3.05) is 0 Å². The summed E-state index contributed by atoms with van der Waals surface area (Å²) in [5.41, 5.74) is 4.25.